The lowest BCUT2D eigenvalue weighted by Crippen LogP contribution is -2.32. The first kappa shape index (κ1) is 16.2. The van der Waals surface area contributed by atoms with Gasteiger partial charge in [-0.05, 0) is 29.7 Å². The summed E-state index contributed by atoms with van der Waals surface area (Å²) in [4.78, 5) is 10.4. The SMILES string of the molecule is O=C(O)CCCC[n+]1ccc(/C=C\c2ccc(Cl)cc2)cc1. The lowest BCUT2D eigenvalue weighted by Gasteiger charge is -1.98. The third-order valence-corrected chi connectivity index (χ3v) is 3.56. The molecule has 0 amide bonds. The number of unbranched alkanes of at least 4 members (excludes halogenated alkanes) is 1. The Morgan fingerprint density at radius 2 is 1.59 bits per heavy atom. The average Bonchev–Trinajstić information content (AvgIpc) is 2.52. The molecule has 1 aromatic heterocycles. The normalized spacial score (nSPS) is 11.0. The molecule has 0 atom stereocenters. The van der Waals surface area contributed by atoms with Crippen molar-refractivity contribution in [3.05, 3.63) is 64.9 Å². The minimum Gasteiger partial charge on any atom is -0.481 e. The maximum Gasteiger partial charge on any atom is 0.303 e. The van der Waals surface area contributed by atoms with Crippen LogP contribution in [0.25, 0.3) is 12.2 Å². The largest absolute Gasteiger partial charge is 0.481 e. The summed E-state index contributed by atoms with van der Waals surface area (Å²) >= 11 is 5.86. The Morgan fingerprint density at radius 1 is 1.00 bits per heavy atom. The van der Waals surface area contributed by atoms with Gasteiger partial charge in [-0.2, -0.15) is 0 Å². The molecule has 0 saturated heterocycles. The molecule has 1 aromatic carbocycles. The second-order valence-corrected chi connectivity index (χ2v) is 5.54. The minimum atomic E-state index is -0.729. The summed E-state index contributed by atoms with van der Waals surface area (Å²) in [6, 6.07) is 11.8. The molecule has 1 heterocycles. The Kier molecular flexibility index (Phi) is 6.16. The number of carboxylic acid groups (broad SMARTS) is 1. The van der Waals surface area contributed by atoms with Crippen molar-refractivity contribution in [3.63, 3.8) is 0 Å². The number of hydrogen-bond acceptors (Lipinski definition) is 1. The van der Waals surface area contributed by atoms with Gasteiger partial charge in [0.25, 0.3) is 0 Å². The summed E-state index contributed by atoms with van der Waals surface area (Å²) in [5, 5.41) is 9.33. The first-order valence-corrected chi connectivity index (χ1v) is 7.66. The van der Waals surface area contributed by atoms with Crippen LogP contribution in [0.2, 0.25) is 5.02 Å². The van der Waals surface area contributed by atoms with Gasteiger partial charge in [0.05, 0.1) is 0 Å². The van der Waals surface area contributed by atoms with Crippen molar-refractivity contribution in [2.45, 2.75) is 25.8 Å². The number of carbonyl (C=O) groups is 1. The highest BCUT2D eigenvalue weighted by Gasteiger charge is 2.02. The van der Waals surface area contributed by atoms with E-state index in [1.807, 2.05) is 54.9 Å². The molecule has 0 spiro atoms. The summed E-state index contributed by atoms with van der Waals surface area (Å²) in [7, 11) is 0. The molecule has 0 aliphatic carbocycles. The molecule has 0 bridgehead atoms. The molecule has 114 valence electrons. The van der Waals surface area contributed by atoms with Crippen LogP contribution in [0.15, 0.2) is 48.8 Å². The van der Waals surface area contributed by atoms with Gasteiger partial charge < -0.3 is 5.11 Å². The highest BCUT2D eigenvalue weighted by molar-refractivity contribution is 6.30. The number of hydrogen-bond donors (Lipinski definition) is 1. The van der Waals surface area contributed by atoms with Crippen LogP contribution in [0.1, 0.15) is 30.4 Å². The Labute approximate surface area is 135 Å². The smallest absolute Gasteiger partial charge is 0.303 e. The van der Waals surface area contributed by atoms with Crippen molar-refractivity contribution >= 4 is 29.7 Å². The van der Waals surface area contributed by atoms with E-state index in [0.717, 1.165) is 29.1 Å². The zero-order valence-corrected chi connectivity index (χ0v) is 13.0. The van der Waals surface area contributed by atoms with Gasteiger partial charge in [-0.15, -0.1) is 0 Å². The molecule has 0 radical (unpaired) electrons. The maximum atomic E-state index is 10.4. The Hall–Kier alpha value is -2.13. The molecule has 22 heavy (non-hydrogen) atoms. The highest BCUT2D eigenvalue weighted by Crippen LogP contribution is 2.12. The Balaban J connectivity index is 1.86. The second kappa shape index (κ2) is 8.35. The van der Waals surface area contributed by atoms with Gasteiger partial charge in [-0.25, -0.2) is 4.57 Å². The Morgan fingerprint density at radius 3 is 2.18 bits per heavy atom. The number of rotatable bonds is 7. The molecule has 3 nitrogen and oxygen atoms in total. The monoisotopic (exact) mass is 316 g/mol. The number of aromatic nitrogens is 1. The lowest BCUT2D eigenvalue weighted by atomic mass is 10.1. The predicted octanol–water partition coefficient (Wildman–Crippen LogP) is 4.05. The van der Waals surface area contributed by atoms with E-state index in [9.17, 15) is 4.79 Å². The molecule has 1 N–H and O–H groups in total. The average molecular weight is 317 g/mol. The number of aliphatic carboxylic acids is 1. The third-order valence-electron chi connectivity index (χ3n) is 3.31. The van der Waals surface area contributed by atoms with E-state index in [0.29, 0.717) is 6.42 Å². The van der Waals surface area contributed by atoms with E-state index in [1.54, 1.807) is 0 Å². The van der Waals surface area contributed by atoms with E-state index in [1.165, 1.54) is 0 Å². The molecular weight excluding hydrogens is 298 g/mol. The van der Waals surface area contributed by atoms with Crippen LogP contribution in [-0.2, 0) is 11.3 Å². The van der Waals surface area contributed by atoms with Crippen molar-refractivity contribution in [2.24, 2.45) is 0 Å². The minimum absolute atomic E-state index is 0.239. The third kappa shape index (κ3) is 5.70. The molecule has 0 saturated carbocycles. The molecule has 0 aliphatic rings. The fourth-order valence-electron chi connectivity index (χ4n) is 2.07. The van der Waals surface area contributed by atoms with Gasteiger partial charge in [-0.1, -0.05) is 35.9 Å². The number of halogens is 1. The molecule has 4 heteroatoms. The van der Waals surface area contributed by atoms with Gasteiger partial charge in [0.15, 0.2) is 12.4 Å². The second-order valence-electron chi connectivity index (χ2n) is 5.11. The van der Waals surface area contributed by atoms with Crippen molar-refractivity contribution < 1.29 is 14.5 Å². The first-order chi connectivity index (χ1) is 10.6. The zero-order chi connectivity index (χ0) is 15.8. The summed E-state index contributed by atoms with van der Waals surface area (Å²) in [5.74, 6) is -0.729. The maximum absolute atomic E-state index is 10.4. The number of pyridine rings is 1. The molecule has 0 fully saturated rings. The van der Waals surface area contributed by atoms with Gasteiger partial charge in [0, 0.05) is 30.0 Å². The number of nitrogens with zero attached hydrogens (tertiary/aromatic N) is 1. The van der Waals surface area contributed by atoms with Crippen LogP contribution in [0, 0.1) is 0 Å². The van der Waals surface area contributed by atoms with Crippen molar-refractivity contribution in [2.75, 3.05) is 0 Å². The molecule has 0 unspecified atom stereocenters. The van der Waals surface area contributed by atoms with Gasteiger partial charge in [-0.3, -0.25) is 4.79 Å². The van der Waals surface area contributed by atoms with Crippen LogP contribution in [0.3, 0.4) is 0 Å². The first-order valence-electron chi connectivity index (χ1n) is 7.28. The number of carboxylic acids is 1. The van der Waals surface area contributed by atoms with Gasteiger partial charge >= 0.3 is 5.97 Å². The quantitative estimate of drug-likeness (QED) is 0.618. The van der Waals surface area contributed by atoms with Crippen LogP contribution in [-0.4, -0.2) is 11.1 Å². The molecule has 2 rings (SSSR count). The summed E-state index contributed by atoms with van der Waals surface area (Å²) in [6.45, 7) is 0.842. The number of benzene rings is 1. The Bertz CT molecular complexity index is 633. The zero-order valence-electron chi connectivity index (χ0n) is 12.3. The fourth-order valence-corrected chi connectivity index (χ4v) is 2.19. The standard InChI is InChI=1S/C18H18ClNO2/c19-17-8-6-15(7-9-17)4-5-16-10-13-20(14-11-16)12-2-1-3-18(21)22/h4-11,13-14H,1-3,12H2/p+1/b5-4-. The van der Waals surface area contributed by atoms with Crippen LogP contribution < -0.4 is 4.57 Å². The van der Waals surface area contributed by atoms with Crippen LogP contribution in [0.4, 0.5) is 0 Å². The predicted molar refractivity (Wildman–Crippen MR) is 88.5 cm³/mol. The van der Waals surface area contributed by atoms with E-state index in [4.69, 9.17) is 16.7 Å². The lowest BCUT2D eigenvalue weighted by molar-refractivity contribution is -0.697. The van der Waals surface area contributed by atoms with Crippen molar-refractivity contribution in [1.29, 1.82) is 0 Å². The summed E-state index contributed by atoms with van der Waals surface area (Å²) in [6.07, 6.45) is 9.95. The molecule has 0 aliphatic heterocycles. The topological polar surface area (TPSA) is 41.2 Å². The van der Waals surface area contributed by atoms with E-state index < -0.39 is 5.97 Å². The van der Waals surface area contributed by atoms with E-state index >= 15 is 0 Å². The van der Waals surface area contributed by atoms with Crippen molar-refractivity contribution in [1.82, 2.24) is 0 Å². The van der Waals surface area contributed by atoms with Crippen LogP contribution in [0.5, 0.6) is 0 Å². The molecule has 2 aromatic rings. The van der Waals surface area contributed by atoms with E-state index in [-0.39, 0.29) is 6.42 Å². The summed E-state index contributed by atoms with van der Waals surface area (Å²) < 4.78 is 2.07. The fraction of sp³-hybridized carbons (Fsp3) is 0.222. The molecular formula is C18H19ClNO2+. The van der Waals surface area contributed by atoms with E-state index in [2.05, 4.69) is 10.6 Å². The summed E-state index contributed by atoms with van der Waals surface area (Å²) in [5.41, 5.74) is 2.23. The highest BCUT2D eigenvalue weighted by atomic mass is 35.5. The number of aryl methyl sites for hydroxylation is 1. The van der Waals surface area contributed by atoms with Gasteiger partial charge in [0.2, 0.25) is 0 Å². The van der Waals surface area contributed by atoms with Gasteiger partial charge in [0.1, 0.15) is 6.54 Å². The van der Waals surface area contributed by atoms with Crippen molar-refractivity contribution in [3.8, 4) is 0 Å². The van der Waals surface area contributed by atoms with Crippen LogP contribution >= 0.6 is 11.6 Å².